The average Bonchev–Trinajstić information content (AvgIpc) is 2.33. The van der Waals surface area contributed by atoms with Crippen molar-refractivity contribution in [3.05, 3.63) is 29.8 Å². The normalized spacial score (nSPS) is 12.4. The topological polar surface area (TPSA) is 58.6 Å². The fourth-order valence-corrected chi connectivity index (χ4v) is 1.88. The first-order valence-electron chi connectivity index (χ1n) is 6.74. The number of nitrogens with one attached hydrogen (secondary N) is 1. The molecule has 19 heavy (non-hydrogen) atoms. The molecule has 0 radical (unpaired) electrons. The zero-order valence-electron chi connectivity index (χ0n) is 11.8. The summed E-state index contributed by atoms with van der Waals surface area (Å²) in [6.45, 7) is 6.80. The predicted molar refractivity (Wildman–Crippen MR) is 75.5 cm³/mol. The SMILES string of the molecule is CCCNC(CC(=O)O)c1cccc(OC(C)C)c1. The highest BCUT2D eigenvalue weighted by Gasteiger charge is 2.15. The Balaban J connectivity index is 2.84. The summed E-state index contributed by atoms with van der Waals surface area (Å²) in [5.74, 6) is -0.0232. The summed E-state index contributed by atoms with van der Waals surface area (Å²) in [5, 5.41) is 12.2. The van der Waals surface area contributed by atoms with Gasteiger partial charge in [0.05, 0.1) is 12.5 Å². The van der Waals surface area contributed by atoms with E-state index in [2.05, 4.69) is 12.2 Å². The number of hydrogen-bond acceptors (Lipinski definition) is 3. The van der Waals surface area contributed by atoms with E-state index < -0.39 is 5.97 Å². The Hall–Kier alpha value is -1.55. The smallest absolute Gasteiger partial charge is 0.305 e. The maximum atomic E-state index is 10.9. The van der Waals surface area contributed by atoms with Gasteiger partial charge in [-0.2, -0.15) is 0 Å². The van der Waals surface area contributed by atoms with Gasteiger partial charge in [0.1, 0.15) is 5.75 Å². The molecule has 1 aromatic carbocycles. The van der Waals surface area contributed by atoms with Crippen molar-refractivity contribution in [3.63, 3.8) is 0 Å². The van der Waals surface area contributed by atoms with E-state index >= 15 is 0 Å². The van der Waals surface area contributed by atoms with Gasteiger partial charge in [-0.15, -0.1) is 0 Å². The summed E-state index contributed by atoms with van der Waals surface area (Å²) in [6, 6.07) is 7.46. The number of ether oxygens (including phenoxy) is 1. The Kier molecular flexibility index (Phi) is 6.36. The molecule has 1 atom stereocenters. The lowest BCUT2D eigenvalue weighted by Crippen LogP contribution is -2.24. The van der Waals surface area contributed by atoms with Crippen LogP contribution in [0.4, 0.5) is 0 Å². The van der Waals surface area contributed by atoms with E-state index in [0.717, 1.165) is 24.3 Å². The van der Waals surface area contributed by atoms with Crippen molar-refractivity contribution in [3.8, 4) is 5.75 Å². The van der Waals surface area contributed by atoms with Gasteiger partial charge in [-0.3, -0.25) is 4.79 Å². The van der Waals surface area contributed by atoms with E-state index in [1.807, 2.05) is 38.1 Å². The van der Waals surface area contributed by atoms with Crippen molar-refractivity contribution in [1.29, 1.82) is 0 Å². The maximum absolute atomic E-state index is 10.9. The monoisotopic (exact) mass is 265 g/mol. The van der Waals surface area contributed by atoms with Crippen LogP contribution in [0, 0.1) is 0 Å². The first-order valence-corrected chi connectivity index (χ1v) is 6.74. The van der Waals surface area contributed by atoms with E-state index in [-0.39, 0.29) is 18.6 Å². The van der Waals surface area contributed by atoms with Gasteiger partial charge in [0.2, 0.25) is 0 Å². The van der Waals surface area contributed by atoms with Gasteiger partial charge in [-0.1, -0.05) is 19.1 Å². The third-order valence-electron chi connectivity index (χ3n) is 2.65. The van der Waals surface area contributed by atoms with Crippen molar-refractivity contribution < 1.29 is 14.6 Å². The second-order valence-corrected chi connectivity index (χ2v) is 4.84. The van der Waals surface area contributed by atoms with Gasteiger partial charge in [-0.05, 0) is 44.5 Å². The molecule has 0 aliphatic heterocycles. The van der Waals surface area contributed by atoms with E-state index in [9.17, 15) is 4.79 Å². The highest BCUT2D eigenvalue weighted by Crippen LogP contribution is 2.22. The molecule has 0 fully saturated rings. The Morgan fingerprint density at radius 2 is 2.16 bits per heavy atom. The highest BCUT2D eigenvalue weighted by atomic mass is 16.5. The molecule has 1 unspecified atom stereocenters. The Labute approximate surface area is 114 Å². The number of benzene rings is 1. The molecular formula is C15H23NO3. The minimum Gasteiger partial charge on any atom is -0.491 e. The molecule has 1 rings (SSSR count). The molecule has 0 aliphatic rings. The lowest BCUT2D eigenvalue weighted by Gasteiger charge is -2.18. The second kappa shape index (κ2) is 7.79. The van der Waals surface area contributed by atoms with Gasteiger partial charge in [0, 0.05) is 6.04 Å². The molecule has 0 aromatic heterocycles. The van der Waals surface area contributed by atoms with E-state index in [0.29, 0.717) is 0 Å². The number of carboxylic acid groups (broad SMARTS) is 1. The van der Waals surface area contributed by atoms with E-state index in [1.165, 1.54) is 0 Å². The molecule has 1 aromatic rings. The second-order valence-electron chi connectivity index (χ2n) is 4.84. The Bertz CT molecular complexity index is 404. The first-order chi connectivity index (χ1) is 9.02. The molecule has 0 saturated carbocycles. The van der Waals surface area contributed by atoms with Crippen LogP contribution >= 0.6 is 0 Å². The van der Waals surface area contributed by atoms with Crippen LogP contribution < -0.4 is 10.1 Å². The molecular weight excluding hydrogens is 242 g/mol. The van der Waals surface area contributed by atoms with Crippen LogP contribution in [-0.4, -0.2) is 23.7 Å². The standard InChI is InChI=1S/C15H23NO3/c1-4-8-16-14(10-15(17)18)12-6-5-7-13(9-12)19-11(2)3/h5-7,9,11,14,16H,4,8,10H2,1-3H3,(H,17,18). The number of rotatable bonds is 8. The Morgan fingerprint density at radius 3 is 2.74 bits per heavy atom. The maximum Gasteiger partial charge on any atom is 0.305 e. The van der Waals surface area contributed by atoms with Gasteiger partial charge >= 0.3 is 5.97 Å². The van der Waals surface area contributed by atoms with Crippen LogP contribution in [0.1, 0.15) is 45.2 Å². The summed E-state index contributed by atoms with van der Waals surface area (Å²) in [7, 11) is 0. The summed E-state index contributed by atoms with van der Waals surface area (Å²) < 4.78 is 5.64. The molecule has 0 saturated heterocycles. The van der Waals surface area contributed by atoms with Crippen molar-refractivity contribution in [2.45, 2.75) is 45.8 Å². The number of carboxylic acids is 1. The molecule has 2 N–H and O–H groups in total. The summed E-state index contributed by atoms with van der Waals surface area (Å²) in [4.78, 5) is 10.9. The van der Waals surface area contributed by atoms with Gasteiger partial charge in [-0.25, -0.2) is 0 Å². The quantitative estimate of drug-likeness (QED) is 0.758. The Morgan fingerprint density at radius 1 is 1.42 bits per heavy atom. The molecule has 106 valence electrons. The number of hydrogen-bond donors (Lipinski definition) is 2. The minimum absolute atomic E-state index is 0.0745. The lowest BCUT2D eigenvalue weighted by molar-refractivity contribution is -0.137. The fraction of sp³-hybridized carbons (Fsp3) is 0.533. The molecule has 0 aliphatic carbocycles. The fourth-order valence-electron chi connectivity index (χ4n) is 1.88. The van der Waals surface area contributed by atoms with Crippen LogP contribution in [0.25, 0.3) is 0 Å². The number of carbonyl (C=O) groups is 1. The predicted octanol–water partition coefficient (Wildman–Crippen LogP) is 2.99. The van der Waals surface area contributed by atoms with Crippen LogP contribution in [-0.2, 0) is 4.79 Å². The van der Waals surface area contributed by atoms with E-state index in [1.54, 1.807) is 0 Å². The first kappa shape index (κ1) is 15.5. The van der Waals surface area contributed by atoms with E-state index in [4.69, 9.17) is 9.84 Å². The van der Waals surface area contributed by atoms with Gasteiger partial charge in [0.15, 0.2) is 0 Å². The largest absolute Gasteiger partial charge is 0.491 e. The zero-order chi connectivity index (χ0) is 14.3. The molecule has 4 nitrogen and oxygen atoms in total. The average molecular weight is 265 g/mol. The van der Waals surface area contributed by atoms with Crippen molar-refractivity contribution in [2.24, 2.45) is 0 Å². The third-order valence-corrected chi connectivity index (χ3v) is 2.65. The van der Waals surface area contributed by atoms with Gasteiger partial charge in [0.25, 0.3) is 0 Å². The van der Waals surface area contributed by atoms with Crippen molar-refractivity contribution >= 4 is 5.97 Å². The lowest BCUT2D eigenvalue weighted by atomic mass is 10.0. The zero-order valence-corrected chi connectivity index (χ0v) is 11.8. The molecule has 0 amide bonds. The molecule has 0 spiro atoms. The number of aliphatic carboxylic acids is 1. The van der Waals surface area contributed by atoms with Crippen LogP contribution in [0.2, 0.25) is 0 Å². The van der Waals surface area contributed by atoms with Crippen molar-refractivity contribution in [1.82, 2.24) is 5.32 Å². The minimum atomic E-state index is -0.802. The molecule has 4 heteroatoms. The summed E-state index contributed by atoms with van der Waals surface area (Å²) in [5.41, 5.74) is 0.953. The van der Waals surface area contributed by atoms with Crippen molar-refractivity contribution in [2.75, 3.05) is 6.54 Å². The van der Waals surface area contributed by atoms with Crippen LogP contribution in [0.15, 0.2) is 24.3 Å². The molecule has 0 heterocycles. The summed E-state index contributed by atoms with van der Waals surface area (Å²) in [6.07, 6.45) is 1.15. The third kappa shape index (κ3) is 5.75. The summed E-state index contributed by atoms with van der Waals surface area (Å²) >= 11 is 0. The van der Waals surface area contributed by atoms with Crippen LogP contribution in [0.3, 0.4) is 0 Å². The highest BCUT2D eigenvalue weighted by molar-refractivity contribution is 5.68. The van der Waals surface area contributed by atoms with Gasteiger partial charge < -0.3 is 15.2 Å². The molecule has 0 bridgehead atoms. The van der Waals surface area contributed by atoms with Crippen LogP contribution in [0.5, 0.6) is 5.75 Å².